The number of nitrogens with zero attached hydrogens (tertiary/aromatic N) is 2. The van der Waals surface area contributed by atoms with Gasteiger partial charge in [0.05, 0.1) is 11.8 Å². The maximum absolute atomic E-state index is 5.62. The first-order chi connectivity index (χ1) is 8.18. The molecule has 3 N–H and O–H groups in total. The molecule has 0 unspecified atom stereocenters. The standard InChI is InChI=1S/C11H12N4S2/c1-7-5-17-6-8(7)4-13-11-9(10(12)16)2-3-14-15-11/h2-3,5-6H,4H2,1H3,(H2,12,16)(H,13,15). The third-order valence-electron chi connectivity index (χ3n) is 2.39. The first-order valence-electron chi connectivity index (χ1n) is 5.05. The molecule has 0 spiro atoms. The van der Waals surface area contributed by atoms with Crippen molar-refractivity contribution in [2.45, 2.75) is 13.5 Å². The van der Waals surface area contributed by atoms with Crippen LogP contribution >= 0.6 is 23.6 Å². The molecule has 0 amide bonds. The van der Waals surface area contributed by atoms with Crippen molar-refractivity contribution < 1.29 is 0 Å². The molecule has 2 aromatic rings. The van der Waals surface area contributed by atoms with Crippen LogP contribution < -0.4 is 11.1 Å². The summed E-state index contributed by atoms with van der Waals surface area (Å²) in [5.74, 6) is 0.630. The molecule has 0 atom stereocenters. The van der Waals surface area contributed by atoms with Gasteiger partial charge >= 0.3 is 0 Å². The molecule has 6 heteroatoms. The highest BCUT2D eigenvalue weighted by Gasteiger charge is 2.07. The van der Waals surface area contributed by atoms with E-state index in [4.69, 9.17) is 18.0 Å². The van der Waals surface area contributed by atoms with Crippen LogP contribution in [0.1, 0.15) is 16.7 Å². The van der Waals surface area contributed by atoms with Gasteiger partial charge in [-0.25, -0.2) is 0 Å². The zero-order valence-electron chi connectivity index (χ0n) is 9.30. The number of aromatic nitrogens is 2. The first-order valence-corrected chi connectivity index (χ1v) is 6.40. The van der Waals surface area contributed by atoms with E-state index in [1.165, 1.54) is 11.1 Å². The van der Waals surface area contributed by atoms with Gasteiger partial charge in [0.15, 0.2) is 5.82 Å². The molecule has 0 aliphatic carbocycles. The molecule has 0 aromatic carbocycles. The lowest BCUT2D eigenvalue weighted by atomic mass is 10.2. The smallest absolute Gasteiger partial charge is 0.159 e. The lowest BCUT2D eigenvalue weighted by molar-refractivity contribution is 0.995. The maximum Gasteiger partial charge on any atom is 0.159 e. The van der Waals surface area contributed by atoms with Gasteiger partial charge in [0.1, 0.15) is 4.99 Å². The molecule has 0 aliphatic heterocycles. The van der Waals surface area contributed by atoms with Crippen molar-refractivity contribution >= 4 is 34.4 Å². The topological polar surface area (TPSA) is 63.8 Å². The van der Waals surface area contributed by atoms with Crippen LogP contribution in [-0.4, -0.2) is 15.2 Å². The predicted molar refractivity (Wildman–Crippen MR) is 74.3 cm³/mol. The van der Waals surface area contributed by atoms with Crippen LogP contribution in [0, 0.1) is 6.92 Å². The molecule has 2 aromatic heterocycles. The van der Waals surface area contributed by atoms with E-state index in [9.17, 15) is 0 Å². The molecule has 2 heterocycles. The van der Waals surface area contributed by atoms with E-state index in [1.54, 1.807) is 23.6 Å². The van der Waals surface area contributed by atoms with Crippen molar-refractivity contribution in [2.75, 3.05) is 5.32 Å². The fourth-order valence-corrected chi connectivity index (χ4v) is 2.43. The van der Waals surface area contributed by atoms with Gasteiger partial charge in [-0.3, -0.25) is 0 Å². The Morgan fingerprint density at radius 2 is 2.35 bits per heavy atom. The molecule has 0 radical (unpaired) electrons. The molecule has 17 heavy (non-hydrogen) atoms. The summed E-state index contributed by atoms with van der Waals surface area (Å²) in [4.78, 5) is 0.324. The Balaban J connectivity index is 2.14. The number of hydrogen-bond donors (Lipinski definition) is 2. The molecule has 88 valence electrons. The van der Waals surface area contributed by atoms with Gasteiger partial charge in [-0.15, -0.1) is 5.10 Å². The molecule has 0 fully saturated rings. The van der Waals surface area contributed by atoms with E-state index < -0.39 is 0 Å². The van der Waals surface area contributed by atoms with E-state index in [-0.39, 0.29) is 0 Å². The summed E-state index contributed by atoms with van der Waals surface area (Å²) in [6, 6.07) is 1.76. The Kier molecular flexibility index (Phi) is 3.65. The fourth-order valence-electron chi connectivity index (χ4n) is 1.41. The molecule has 0 aliphatic rings. The van der Waals surface area contributed by atoms with Crippen LogP contribution in [0.5, 0.6) is 0 Å². The van der Waals surface area contributed by atoms with Crippen LogP contribution in [0.4, 0.5) is 5.82 Å². The van der Waals surface area contributed by atoms with Crippen molar-refractivity contribution in [3.8, 4) is 0 Å². The average Bonchev–Trinajstić information content (AvgIpc) is 2.72. The largest absolute Gasteiger partial charge is 0.389 e. The molecule has 4 nitrogen and oxygen atoms in total. The lowest BCUT2D eigenvalue weighted by Gasteiger charge is -2.08. The summed E-state index contributed by atoms with van der Waals surface area (Å²) in [6.07, 6.45) is 1.58. The molecule has 2 rings (SSSR count). The number of nitrogens with two attached hydrogens (primary N) is 1. The number of thiophene rings is 1. The summed E-state index contributed by atoms with van der Waals surface area (Å²) in [5.41, 5.74) is 8.86. The third-order valence-corrected chi connectivity index (χ3v) is 3.52. The average molecular weight is 264 g/mol. The second-order valence-electron chi connectivity index (χ2n) is 3.59. The molecular weight excluding hydrogens is 252 g/mol. The van der Waals surface area contributed by atoms with Crippen LogP contribution in [0.15, 0.2) is 23.0 Å². The molecule has 0 saturated carbocycles. The fraction of sp³-hybridized carbons (Fsp3) is 0.182. The van der Waals surface area contributed by atoms with Gasteiger partial charge in [-0.1, -0.05) is 12.2 Å². The Hall–Kier alpha value is -1.53. The first kappa shape index (κ1) is 11.9. The summed E-state index contributed by atoms with van der Waals surface area (Å²) in [5, 5.41) is 15.3. The number of hydrogen-bond acceptors (Lipinski definition) is 5. The minimum absolute atomic E-state index is 0.324. The Morgan fingerprint density at radius 1 is 1.53 bits per heavy atom. The van der Waals surface area contributed by atoms with Crippen molar-refractivity contribution in [3.05, 3.63) is 39.7 Å². The van der Waals surface area contributed by atoms with E-state index in [0.29, 0.717) is 17.4 Å². The highest BCUT2D eigenvalue weighted by molar-refractivity contribution is 7.80. The van der Waals surface area contributed by atoms with Crippen molar-refractivity contribution in [2.24, 2.45) is 5.73 Å². The van der Waals surface area contributed by atoms with E-state index in [0.717, 1.165) is 5.56 Å². The summed E-state index contributed by atoms with van der Waals surface area (Å²) >= 11 is 6.65. The number of rotatable bonds is 4. The van der Waals surface area contributed by atoms with Crippen LogP contribution in [0.3, 0.4) is 0 Å². The van der Waals surface area contributed by atoms with Crippen LogP contribution in [0.2, 0.25) is 0 Å². The van der Waals surface area contributed by atoms with E-state index >= 15 is 0 Å². The minimum Gasteiger partial charge on any atom is -0.389 e. The van der Waals surface area contributed by atoms with Crippen molar-refractivity contribution in [1.29, 1.82) is 0 Å². The molecular formula is C11H12N4S2. The third kappa shape index (κ3) is 2.78. The van der Waals surface area contributed by atoms with Gasteiger partial charge in [0, 0.05) is 6.54 Å². The second-order valence-corrected chi connectivity index (χ2v) is 4.77. The highest BCUT2D eigenvalue weighted by atomic mass is 32.1. The number of thiocarbonyl (C=S) groups is 1. The van der Waals surface area contributed by atoms with Crippen molar-refractivity contribution in [3.63, 3.8) is 0 Å². The SMILES string of the molecule is Cc1cscc1CNc1nnccc1C(N)=S. The molecule has 0 saturated heterocycles. The number of nitrogens with one attached hydrogen (secondary N) is 1. The quantitative estimate of drug-likeness (QED) is 0.828. The maximum atomic E-state index is 5.62. The van der Waals surface area contributed by atoms with E-state index in [1.807, 2.05) is 0 Å². The monoisotopic (exact) mass is 264 g/mol. The van der Waals surface area contributed by atoms with Crippen LogP contribution in [-0.2, 0) is 6.54 Å². The van der Waals surface area contributed by atoms with E-state index in [2.05, 4.69) is 33.2 Å². The zero-order valence-corrected chi connectivity index (χ0v) is 10.9. The van der Waals surface area contributed by atoms with Gasteiger partial charge in [-0.2, -0.15) is 16.4 Å². The number of aryl methyl sites for hydroxylation is 1. The zero-order chi connectivity index (χ0) is 12.3. The normalized spacial score (nSPS) is 10.2. The van der Waals surface area contributed by atoms with Crippen LogP contribution in [0.25, 0.3) is 0 Å². The van der Waals surface area contributed by atoms with Gasteiger partial charge in [0.2, 0.25) is 0 Å². The minimum atomic E-state index is 0.324. The highest BCUT2D eigenvalue weighted by Crippen LogP contribution is 2.16. The summed E-state index contributed by atoms with van der Waals surface area (Å²) < 4.78 is 0. The Bertz CT molecular complexity index is 536. The van der Waals surface area contributed by atoms with Gasteiger partial charge < -0.3 is 11.1 Å². The predicted octanol–water partition coefficient (Wildman–Crippen LogP) is 2.09. The van der Waals surface area contributed by atoms with Gasteiger partial charge in [0.25, 0.3) is 0 Å². The number of anilines is 1. The second kappa shape index (κ2) is 5.20. The van der Waals surface area contributed by atoms with Gasteiger partial charge in [-0.05, 0) is 34.9 Å². The summed E-state index contributed by atoms with van der Waals surface area (Å²) in [6.45, 7) is 2.78. The lowest BCUT2D eigenvalue weighted by Crippen LogP contribution is -2.14. The van der Waals surface area contributed by atoms with Crippen molar-refractivity contribution in [1.82, 2.24) is 10.2 Å². The summed E-state index contributed by atoms with van der Waals surface area (Å²) in [7, 11) is 0. The molecule has 0 bridgehead atoms. The Labute approximate surface area is 109 Å². The Morgan fingerprint density at radius 3 is 3.00 bits per heavy atom.